The van der Waals surface area contributed by atoms with Gasteiger partial charge in [0.2, 0.25) is 0 Å². The van der Waals surface area contributed by atoms with Crippen molar-refractivity contribution >= 4 is 15.9 Å². The van der Waals surface area contributed by atoms with E-state index in [2.05, 4.69) is 40.3 Å². The van der Waals surface area contributed by atoms with Gasteiger partial charge in [-0.2, -0.15) is 0 Å². The number of aliphatic hydroxyl groups is 1. The van der Waals surface area contributed by atoms with Gasteiger partial charge in [0.25, 0.3) is 0 Å². The molecule has 0 spiro atoms. The number of nitrogens with one attached hydrogen (secondary N) is 1. The van der Waals surface area contributed by atoms with Gasteiger partial charge >= 0.3 is 0 Å². The number of aliphatic hydroxyl groups excluding tert-OH is 1. The van der Waals surface area contributed by atoms with Crippen LogP contribution in [0.15, 0.2) is 28.7 Å². The van der Waals surface area contributed by atoms with E-state index in [1.807, 2.05) is 12.1 Å². The first-order valence-electron chi connectivity index (χ1n) is 5.74. The molecule has 1 aromatic carbocycles. The predicted molar refractivity (Wildman–Crippen MR) is 69.2 cm³/mol. The fourth-order valence-electron chi connectivity index (χ4n) is 1.96. The highest BCUT2D eigenvalue weighted by Crippen LogP contribution is 2.39. The zero-order chi connectivity index (χ0) is 11.6. The van der Waals surface area contributed by atoms with Crippen molar-refractivity contribution in [1.82, 2.24) is 5.32 Å². The summed E-state index contributed by atoms with van der Waals surface area (Å²) in [5, 5.41) is 12.9. The van der Waals surface area contributed by atoms with Gasteiger partial charge in [-0.15, -0.1) is 0 Å². The molecule has 2 rings (SSSR count). The quantitative estimate of drug-likeness (QED) is 0.871. The monoisotopic (exact) mass is 283 g/mol. The summed E-state index contributed by atoms with van der Waals surface area (Å²) < 4.78 is 1.10. The molecule has 1 fully saturated rings. The molecule has 16 heavy (non-hydrogen) atoms. The molecule has 88 valence electrons. The van der Waals surface area contributed by atoms with Gasteiger partial charge in [-0.3, -0.25) is 0 Å². The largest absolute Gasteiger partial charge is 0.394 e. The molecule has 1 aliphatic rings. The zero-order valence-electron chi connectivity index (χ0n) is 9.54. The van der Waals surface area contributed by atoms with E-state index in [0.717, 1.165) is 11.0 Å². The van der Waals surface area contributed by atoms with Crippen LogP contribution in [0.4, 0.5) is 0 Å². The maximum atomic E-state index is 9.45. The third-order valence-corrected chi connectivity index (χ3v) is 3.95. The van der Waals surface area contributed by atoms with Crippen LogP contribution in [-0.4, -0.2) is 17.3 Å². The smallest absolute Gasteiger partial charge is 0.0613 e. The Bertz CT molecular complexity index is 347. The highest BCUT2D eigenvalue weighted by Gasteiger charge is 2.40. The van der Waals surface area contributed by atoms with Crippen LogP contribution in [0, 0.1) is 5.92 Å². The summed E-state index contributed by atoms with van der Waals surface area (Å²) in [7, 11) is 0. The Kier molecular flexibility index (Phi) is 3.67. The van der Waals surface area contributed by atoms with Gasteiger partial charge < -0.3 is 10.4 Å². The van der Waals surface area contributed by atoms with Crippen molar-refractivity contribution in [3.05, 3.63) is 34.3 Å². The van der Waals surface area contributed by atoms with Crippen molar-refractivity contribution < 1.29 is 5.11 Å². The molecule has 0 saturated heterocycles. The van der Waals surface area contributed by atoms with E-state index in [1.165, 1.54) is 18.4 Å². The van der Waals surface area contributed by atoms with Crippen LogP contribution in [0.3, 0.4) is 0 Å². The first-order valence-corrected chi connectivity index (χ1v) is 6.54. The van der Waals surface area contributed by atoms with Gasteiger partial charge in [-0.25, -0.2) is 0 Å². The summed E-state index contributed by atoms with van der Waals surface area (Å²) in [6.07, 6.45) is 2.48. The highest BCUT2D eigenvalue weighted by atomic mass is 79.9. The van der Waals surface area contributed by atoms with Gasteiger partial charge in [0.1, 0.15) is 0 Å². The lowest BCUT2D eigenvalue weighted by Crippen LogP contribution is -2.47. The van der Waals surface area contributed by atoms with E-state index >= 15 is 0 Å². The minimum Gasteiger partial charge on any atom is -0.394 e. The van der Waals surface area contributed by atoms with Gasteiger partial charge in [-0.1, -0.05) is 28.1 Å². The standard InChI is InChI=1S/C13H18BrNO/c1-13(9-16,11-4-5-11)15-8-10-2-6-12(14)7-3-10/h2-3,6-7,11,15-16H,4-5,8-9H2,1H3. The second-order valence-electron chi connectivity index (χ2n) is 4.83. The lowest BCUT2D eigenvalue weighted by molar-refractivity contribution is 0.153. The maximum Gasteiger partial charge on any atom is 0.0613 e. The van der Waals surface area contributed by atoms with E-state index < -0.39 is 0 Å². The van der Waals surface area contributed by atoms with Crippen LogP contribution in [0.2, 0.25) is 0 Å². The average molecular weight is 284 g/mol. The molecule has 1 atom stereocenters. The Morgan fingerprint density at radius 1 is 1.38 bits per heavy atom. The van der Waals surface area contributed by atoms with Crippen molar-refractivity contribution in [1.29, 1.82) is 0 Å². The normalized spacial score (nSPS) is 19.4. The van der Waals surface area contributed by atoms with Gasteiger partial charge in [0.05, 0.1) is 6.61 Å². The van der Waals surface area contributed by atoms with Crippen LogP contribution in [0.25, 0.3) is 0 Å². The molecule has 0 aromatic heterocycles. The first-order chi connectivity index (χ1) is 7.64. The molecule has 1 aromatic rings. The molecule has 3 heteroatoms. The Morgan fingerprint density at radius 2 is 2.00 bits per heavy atom. The molecule has 1 saturated carbocycles. The summed E-state index contributed by atoms with van der Waals surface area (Å²) in [4.78, 5) is 0. The third kappa shape index (κ3) is 2.84. The summed E-state index contributed by atoms with van der Waals surface area (Å²) in [5.41, 5.74) is 1.15. The van der Waals surface area contributed by atoms with E-state index in [0.29, 0.717) is 5.92 Å². The van der Waals surface area contributed by atoms with E-state index in [-0.39, 0.29) is 12.1 Å². The summed E-state index contributed by atoms with van der Waals surface area (Å²) in [6, 6.07) is 8.29. The van der Waals surface area contributed by atoms with E-state index in [1.54, 1.807) is 0 Å². The Morgan fingerprint density at radius 3 is 2.50 bits per heavy atom. The predicted octanol–water partition coefficient (Wildman–Crippen LogP) is 2.70. The van der Waals surface area contributed by atoms with Crippen LogP contribution in [0.1, 0.15) is 25.3 Å². The van der Waals surface area contributed by atoms with E-state index in [9.17, 15) is 5.11 Å². The van der Waals surface area contributed by atoms with Crippen LogP contribution in [-0.2, 0) is 6.54 Å². The molecule has 1 unspecified atom stereocenters. The Balaban J connectivity index is 1.92. The van der Waals surface area contributed by atoms with Gasteiger partial charge in [0.15, 0.2) is 0 Å². The second kappa shape index (κ2) is 4.86. The number of rotatable bonds is 5. The molecule has 2 N–H and O–H groups in total. The molecular formula is C13H18BrNO. The maximum absolute atomic E-state index is 9.45. The SMILES string of the molecule is CC(CO)(NCc1ccc(Br)cc1)C1CC1. The fraction of sp³-hybridized carbons (Fsp3) is 0.538. The molecule has 0 radical (unpaired) electrons. The van der Waals surface area contributed by atoms with Crippen molar-refractivity contribution in [2.24, 2.45) is 5.92 Å². The molecular weight excluding hydrogens is 266 g/mol. The van der Waals surface area contributed by atoms with Crippen LogP contribution < -0.4 is 5.32 Å². The third-order valence-electron chi connectivity index (χ3n) is 3.42. The minimum absolute atomic E-state index is 0.104. The van der Waals surface area contributed by atoms with Crippen molar-refractivity contribution in [2.45, 2.75) is 31.8 Å². The number of benzene rings is 1. The van der Waals surface area contributed by atoms with Crippen molar-refractivity contribution in [3.8, 4) is 0 Å². The number of hydrogen-bond donors (Lipinski definition) is 2. The number of halogens is 1. The van der Waals surface area contributed by atoms with Crippen LogP contribution >= 0.6 is 15.9 Å². The Hall–Kier alpha value is -0.380. The van der Waals surface area contributed by atoms with Gasteiger partial charge in [-0.05, 0) is 43.4 Å². The number of hydrogen-bond acceptors (Lipinski definition) is 2. The van der Waals surface area contributed by atoms with Gasteiger partial charge in [0, 0.05) is 16.6 Å². The molecule has 0 amide bonds. The lowest BCUT2D eigenvalue weighted by Gasteiger charge is -2.29. The molecule has 2 nitrogen and oxygen atoms in total. The Labute approximate surface area is 105 Å². The lowest BCUT2D eigenvalue weighted by atomic mass is 9.96. The summed E-state index contributed by atoms with van der Waals surface area (Å²) >= 11 is 3.42. The van der Waals surface area contributed by atoms with Crippen LogP contribution in [0.5, 0.6) is 0 Å². The topological polar surface area (TPSA) is 32.3 Å². The fourth-order valence-corrected chi connectivity index (χ4v) is 2.22. The zero-order valence-corrected chi connectivity index (χ0v) is 11.1. The van der Waals surface area contributed by atoms with Crippen molar-refractivity contribution in [3.63, 3.8) is 0 Å². The molecule has 0 heterocycles. The summed E-state index contributed by atoms with van der Waals surface area (Å²) in [6.45, 7) is 3.15. The molecule has 1 aliphatic carbocycles. The minimum atomic E-state index is -0.104. The second-order valence-corrected chi connectivity index (χ2v) is 5.75. The highest BCUT2D eigenvalue weighted by molar-refractivity contribution is 9.10. The van der Waals surface area contributed by atoms with E-state index in [4.69, 9.17) is 0 Å². The first kappa shape index (κ1) is 12.1. The van der Waals surface area contributed by atoms with Crippen molar-refractivity contribution in [2.75, 3.05) is 6.61 Å². The molecule has 0 bridgehead atoms. The average Bonchev–Trinajstić information content (AvgIpc) is 3.12. The molecule has 0 aliphatic heterocycles. The summed E-state index contributed by atoms with van der Waals surface area (Å²) in [5.74, 6) is 0.646.